The van der Waals surface area contributed by atoms with Crippen LogP contribution in [0.3, 0.4) is 0 Å². The van der Waals surface area contributed by atoms with E-state index in [1.54, 1.807) is 36.9 Å². The number of nitrogens with zero attached hydrogens (tertiary/aromatic N) is 6. The Kier molecular flexibility index (Phi) is 9.29. The molecule has 0 aliphatic carbocycles. The van der Waals surface area contributed by atoms with Gasteiger partial charge in [-0.2, -0.15) is 0 Å². The van der Waals surface area contributed by atoms with Gasteiger partial charge >= 0.3 is 5.97 Å². The van der Waals surface area contributed by atoms with E-state index in [2.05, 4.69) is 30.5 Å². The standard InChI is InChI=1S/C33H43N7O6/c1-20(2)30(32(42)39-10-9-23(19-39)45-33(43)21(3)4)28-16-29(37-46-28)44-14-13-38-11-12-40-22(18-38)17-34-31-26(40)15-25(35-36-31)24-7-5-6-8-27(24)41/h5-8,15-16,20-23,30,41H,9-14,17-19H2,1-4H3,(H,34,36)/t22-,23+,30+/m0/s1. The average Bonchev–Trinajstić information content (AvgIpc) is 3.70. The van der Waals surface area contributed by atoms with Crippen molar-refractivity contribution in [2.45, 2.75) is 52.2 Å². The van der Waals surface area contributed by atoms with Gasteiger partial charge in [0.05, 0.1) is 29.9 Å². The molecule has 5 heterocycles. The lowest BCUT2D eigenvalue weighted by Crippen LogP contribution is -2.58. The fraction of sp³-hybridized carbons (Fsp3) is 0.545. The summed E-state index contributed by atoms with van der Waals surface area (Å²) in [7, 11) is 0. The first kappa shape index (κ1) is 31.6. The zero-order valence-electron chi connectivity index (χ0n) is 26.9. The van der Waals surface area contributed by atoms with Crippen LogP contribution in [0, 0.1) is 11.8 Å². The molecule has 0 saturated carbocycles. The summed E-state index contributed by atoms with van der Waals surface area (Å²) in [5.41, 5.74) is 2.29. The van der Waals surface area contributed by atoms with Crippen molar-refractivity contribution in [2.24, 2.45) is 11.8 Å². The molecule has 0 spiro atoms. The molecule has 13 nitrogen and oxygen atoms in total. The first-order valence-corrected chi connectivity index (χ1v) is 16.2. The molecule has 2 saturated heterocycles. The lowest BCUT2D eigenvalue weighted by atomic mass is 9.92. The minimum Gasteiger partial charge on any atom is -0.507 e. The van der Waals surface area contributed by atoms with Gasteiger partial charge in [-0.3, -0.25) is 14.5 Å². The first-order chi connectivity index (χ1) is 22.2. The molecule has 6 rings (SSSR count). The minimum atomic E-state index is -0.504. The molecule has 3 aromatic rings. The summed E-state index contributed by atoms with van der Waals surface area (Å²) in [5.74, 6) is 0.753. The van der Waals surface area contributed by atoms with Crippen molar-refractivity contribution in [3.05, 3.63) is 42.2 Å². The number of phenolic OH excluding ortho intramolecular Hbond substituents is 1. The highest BCUT2D eigenvalue weighted by Gasteiger charge is 2.37. The van der Waals surface area contributed by atoms with Gasteiger partial charge in [0, 0.05) is 57.3 Å². The van der Waals surface area contributed by atoms with Gasteiger partial charge in [0.2, 0.25) is 5.91 Å². The van der Waals surface area contributed by atoms with E-state index in [9.17, 15) is 14.7 Å². The maximum absolute atomic E-state index is 13.5. The van der Waals surface area contributed by atoms with Gasteiger partial charge in [-0.15, -0.1) is 10.2 Å². The van der Waals surface area contributed by atoms with E-state index >= 15 is 0 Å². The smallest absolute Gasteiger partial charge is 0.308 e. The van der Waals surface area contributed by atoms with E-state index < -0.39 is 5.92 Å². The van der Waals surface area contributed by atoms with Crippen LogP contribution in [0.1, 0.15) is 45.8 Å². The summed E-state index contributed by atoms with van der Waals surface area (Å²) in [4.78, 5) is 32.0. The summed E-state index contributed by atoms with van der Waals surface area (Å²) >= 11 is 0. The van der Waals surface area contributed by atoms with E-state index in [1.807, 2.05) is 32.0 Å². The summed E-state index contributed by atoms with van der Waals surface area (Å²) in [6.45, 7) is 12.9. The number of carbonyl (C=O) groups is 2. The SMILES string of the molecule is CC(C)C(=O)O[C@@H]1CCN(C(=O)[C@@H](c2cc(OCCN3CCN4c5cc(-c6ccccc6O)nnc5NC[C@H]4C3)no2)C(C)C)C1. The van der Waals surface area contributed by atoms with Crippen LogP contribution in [0.5, 0.6) is 11.6 Å². The predicted molar refractivity (Wildman–Crippen MR) is 171 cm³/mol. The molecule has 246 valence electrons. The molecule has 3 aliphatic rings. The third kappa shape index (κ3) is 6.74. The Bertz CT molecular complexity index is 1540. The van der Waals surface area contributed by atoms with Crippen LogP contribution in [0.15, 0.2) is 40.9 Å². The Morgan fingerprint density at radius 1 is 1.09 bits per heavy atom. The summed E-state index contributed by atoms with van der Waals surface area (Å²) in [6, 6.07) is 11.1. The lowest BCUT2D eigenvalue weighted by Gasteiger charge is -2.45. The number of nitrogens with one attached hydrogen (secondary N) is 1. The van der Waals surface area contributed by atoms with Gasteiger partial charge in [0.25, 0.3) is 5.88 Å². The number of fused-ring (bicyclic) bond motifs is 3. The van der Waals surface area contributed by atoms with E-state index in [0.717, 1.165) is 37.7 Å². The normalized spacial score (nSPS) is 20.3. The van der Waals surface area contributed by atoms with Gasteiger partial charge in [0.1, 0.15) is 24.4 Å². The van der Waals surface area contributed by atoms with E-state index in [-0.39, 0.29) is 41.6 Å². The van der Waals surface area contributed by atoms with Crippen molar-refractivity contribution < 1.29 is 28.7 Å². The highest BCUT2D eigenvalue weighted by Crippen LogP contribution is 2.36. The molecule has 1 amide bonds. The molecular formula is C33H43N7O6. The number of likely N-dealkylation sites (tertiary alicyclic amines) is 1. The second kappa shape index (κ2) is 13.5. The van der Waals surface area contributed by atoms with Crippen molar-refractivity contribution in [1.29, 1.82) is 0 Å². The second-order valence-electron chi connectivity index (χ2n) is 12.9. The Balaban J connectivity index is 1.01. The van der Waals surface area contributed by atoms with E-state index in [1.165, 1.54) is 0 Å². The van der Waals surface area contributed by atoms with Crippen LogP contribution in [-0.4, -0.2) is 107 Å². The van der Waals surface area contributed by atoms with Gasteiger partial charge in [-0.05, 0) is 29.3 Å². The monoisotopic (exact) mass is 633 g/mol. The molecule has 2 N–H and O–H groups in total. The molecule has 0 radical (unpaired) electrons. The molecular weight excluding hydrogens is 590 g/mol. The number of benzene rings is 1. The Hall–Kier alpha value is -4.39. The number of para-hydroxylation sites is 1. The highest BCUT2D eigenvalue weighted by molar-refractivity contribution is 5.84. The van der Waals surface area contributed by atoms with Gasteiger partial charge in [0.15, 0.2) is 11.6 Å². The average molecular weight is 634 g/mol. The number of phenols is 1. The van der Waals surface area contributed by atoms with Crippen LogP contribution in [-0.2, 0) is 14.3 Å². The number of aromatic nitrogens is 3. The van der Waals surface area contributed by atoms with Crippen LogP contribution >= 0.6 is 0 Å². The summed E-state index contributed by atoms with van der Waals surface area (Å²) in [5, 5.41) is 26.6. The maximum Gasteiger partial charge on any atom is 0.308 e. The number of esters is 1. The van der Waals surface area contributed by atoms with Crippen molar-refractivity contribution in [1.82, 2.24) is 25.2 Å². The Morgan fingerprint density at radius 2 is 1.91 bits per heavy atom. The number of ether oxygens (including phenoxy) is 2. The molecule has 2 fully saturated rings. The predicted octanol–water partition coefficient (Wildman–Crippen LogP) is 3.37. The Labute approximate surface area is 268 Å². The summed E-state index contributed by atoms with van der Waals surface area (Å²) in [6.07, 6.45) is 0.349. The van der Waals surface area contributed by atoms with Gasteiger partial charge < -0.3 is 34.2 Å². The minimum absolute atomic E-state index is 0.0171. The van der Waals surface area contributed by atoms with Crippen LogP contribution in [0.4, 0.5) is 11.5 Å². The van der Waals surface area contributed by atoms with Crippen molar-refractivity contribution in [3.63, 3.8) is 0 Å². The molecule has 0 bridgehead atoms. The number of amides is 1. The zero-order chi connectivity index (χ0) is 32.4. The first-order valence-electron chi connectivity index (χ1n) is 16.2. The molecule has 13 heteroatoms. The van der Waals surface area contributed by atoms with Crippen molar-refractivity contribution >= 4 is 23.4 Å². The van der Waals surface area contributed by atoms with Crippen molar-refractivity contribution in [2.75, 3.05) is 62.6 Å². The van der Waals surface area contributed by atoms with Gasteiger partial charge in [-0.1, -0.05) is 39.8 Å². The Morgan fingerprint density at radius 3 is 2.70 bits per heavy atom. The quantitative estimate of drug-likeness (QED) is 0.316. The number of hydrogen-bond acceptors (Lipinski definition) is 12. The van der Waals surface area contributed by atoms with Crippen molar-refractivity contribution in [3.8, 4) is 22.9 Å². The maximum atomic E-state index is 13.5. The topological polar surface area (TPSA) is 146 Å². The highest BCUT2D eigenvalue weighted by atomic mass is 16.5. The third-order valence-corrected chi connectivity index (χ3v) is 8.95. The molecule has 1 aromatic carbocycles. The molecule has 46 heavy (non-hydrogen) atoms. The van der Waals surface area contributed by atoms with Crippen LogP contribution in [0.25, 0.3) is 11.3 Å². The summed E-state index contributed by atoms with van der Waals surface area (Å²) < 4.78 is 17.2. The number of hydrogen-bond donors (Lipinski definition) is 2. The molecule has 3 atom stereocenters. The molecule has 0 unspecified atom stereocenters. The fourth-order valence-electron chi connectivity index (χ4n) is 6.40. The number of anilines is 2. The fourth-order valence-corrected chi connectivity index (χ4v) is 6.40. The van der Waals surface area contributed by atoms with Crippen LogP contribution in [0.2, 0.25) is 0 Å². The third-order valence-electron chi connectivity index (χ3n) is 8.95. The number of carbonyl (C=O) groups excluding carboxylic acids is 2. The number of aromatic hydroxyl groups is 1. The zero-order valence-corrected chi connectivity index (χ0v) is 26.9. The van der Waals surface area contributed by atoms with Crippen LogP contribution < -0.4 is 15.0 Å². The number of rotatable bonds is 10. The van der Waals surface area contributed by atoms with E-state index in [0.29, 0.717) is 55.6 Å². The largest absolute Gasteiger partial charge is 0.507 e. The molecule has 3 aliphatic heterocycles. The van der Waals surface area contributed by atoms with E-state index in [4.69, 9.17) is 14.0 Å². The molecule has 2 aromatic heterocycles. The second-order valence-corrected chi connectivity index (χ2v) is 12.9. The number of piperazine rings is 1. The van der Waals surface area contributed by atoms with Gasteiger partial charge in [-0.25, -0.2) is 0 Å². The lowest BCUT2D eigenvalue weighted by molar-refractivity contribution is -0.153.